The number of fused-ring (bicyclic) bond motifs is 6. The van der Waals surface area contributed by atoms with Crippen LogP contribution in [0.4, 0.5) is 38.9 Å². The first-order chi connectivity index (χ1) is 40.9. The molecule has 424 valence electrons. The average Bonchev–Trinajstić information content (AvgIpc) is 2.93. The molecule has 3 saturated heterocycles. The van der Waals surface area contributed by atoms with Crippen molar-refractivity contribution in [3.8, 4) is 0 Å². The number of aryl methyl sites for hydroxylation is 1. The summed E-state index contributed by atoms with van der Waals surface area (Å²) < 4.78 is 23.6. The number of pyridine rings is 3. The number of halogens is 1. The van der Waals surface area contributed by atoms with Gasteiger partial charge in [-0.05, 0) is 171 Å². The lowest BCUT2D eigenvalue weighted by atomic mass is 9.99. The second kappa shape index (κ2) is 22.5. The van der Waals surface area contributed by atoms with Crippen LogP contribution < -0.4 is 25.0 Å². The Hall–Kier alpha value is -9.76. The Labute approximate surface area is 484 Å². The molecule has 3 aliphatic heterocycles. The van der Waals surface area contributed by atoms with Crippen molar-refractivity contribution in [2.75, 3.05) is 73.8 Å². The topological polar surface area (TPSA) is 190 Å². The molecule has 3 atom stereocenters. The van der Waals surface area contributed by atoms with Gasteiger partial charge in [-0.3, -0.25) is 9.59 Å². The number of carbonyl (C=O) groups is 2. The van der Waals surface area contributed by atoms with E-state index in [4.69, 9.17) is 15.0 Å². The van der Waals surface area contributed by atoms with Gasteiger partial charge in [0.05, 0.1) is 11.2 Å². The van der Waals surface area contributed by atoms with Crippen molar-refractivity contribution in [2.24, 2.45) is 0 Å². The molecule has 3 aliphatic rings. The molecule has 2 amide bonds. The first-order valence-electron chi connectivity index (χ1n) is 28.4. The van der Waals surface area contributed by atoms with Gasteiger partial charge in [0.1, 0.15) is 47.8 Å². The van der Waals surface area contributed by atoms with Crippen LogP contribution in [0.2, 0.25) is 0 Å². The van der Waals surface area contributed by atoms with E-state index in [-0.39, 0.29) is 29.9 Å². The van der Waals surface area contributed by atoms with E-state index in [1.807, 2.05) is 118 Å². The molecular formula is C63H64FN18O2+. The highest BCUT2D eigenvalue weighted by molar-refractivity contribution is 5.93. The Balaban J connectivity index is 0.853. The Kier molecular flexibility index (Phi) is 14.4. The SMILES string of the molecule is C=CC(=O)N1CC2CCC(C1)N2c1ccc2ncnc(Nc3ccc(Cc4ccn5ncnc5c4)c(C[n+]4cnc(Nc5ccc(Cc6ccn7ncnc7c6)c(C)c5)c5c(F)c(N6CCN(C(=O)/C=C/CN(C)C)[C@H](C)C6)ccc54)c3)c2n1. The summed E-state index contributed by atoms with van der Waals surface area (Å²) in [5.74, 6) is 1.24. The molecule has 7 aromatic heterocycles. The van der Waals surface area contributed by atoms with Crippen LogP contribution in [0.25, 0.3) is 33.2 Å². The Bertz CT molecular complexity index is 4200. The Morgan fingerprint density at radius 1 is 0.750 bits per heavy atom. The maximum Gasteiger partial charge on any atom is 0.289 e. The second-order valence-corrected chi connectivity index (χ2v) is 22.4. The fourth-order valence-electron chi connectivity index (χ4n) is 12.3. The van der Waals surface area contributed by atoms with Crippen molar-refractivity contribution >= 4 is 79.6 Å². The molecule has 0 radical (unpaired) electrons. The second-order valence-electron chi connectivity index (χ2n) is 22.4. The van der Waals surface area contributed by atoms with Crippen molar-refractivity contribution in [1.29, 1.82) is 0 Å². The van der Waals surface area contributed by atoms with Crippen molar-refractivity contribution in [2.45, 2.75) is 64.2 Å². The minimum absolute atomic E-state index is 0.0453. The number of anilines is 6. The lowest BCUT2D eigenvalue weighted by Crippen LogP contribution is -2.55. The molecule has 2 unspecified atom stereocenters. The van der Waals surface area contributed by atoms with E-state index in [0.29, 0.717) is 97.9 Å². The highest BCUT2D eigenvalue weighted by atomic mass is 19.1. The summed E-state index contributed by atoms with van der Waals surface area (Å²) >= 11 is 0. The van der Waals surface area contributed by atoms with Gasteiger partial charge in [0.25, 0.3) is 12.1 Å². The third kappa shape index (κ3) is 10.7. The number of carbonyl (C=O) groups excluding carboxylic acids is 2. The summed E-state index contributed by atoms with van der Waals surface area (Å²) in [4.78, 5) is 64.6. The molecule has 3 aromatic carbocycles. The van der Waals surface area contributed by atoms with Crippen LogP contribution in [0.5, 0.6) is 0 Å². The van der Waals surface area contributed by atoms with E-state index in [9.17, 15) is 9.59 Å². The maximum atomic E-state index is 18.1. The predicted molar refractivity (Wildman–Crippen MR) is 321 cm³/mol. The van der Waals surface area contributed by atoms with Crippen molar-refractivity contribution in [3.05, 3.63) is 187 Å². The molecule has 3 fully saturated rings. The summed E-state index contributed by atoms with van der Waals surface area (Å²) in [7, 11) is 3.93. The lowest BCUT2D eigenvalue weighted by Gasteiger charge is -2.41. The van der Waals surface area contributed by atoms with Gasteiger partial charge >= 0.3 is 0 Å². The summed E-state index contributed by atoms with van der Waals surface area (Å²) in [6.45, 7) is 11.4. The van der Waals surface area contributed by atoms with E-state index < -0.39 is 5.82 Å². The standard InChI is InChI=1S/C63H63FN18O2/c1-6-57(83)77-34-49-13-14-50(35-77)82(49)54-18-15-51-61(74-54)63(68-36-65-51)73-48-12-10-45(28-43-20-23-81-56(30-43)67-38-71-81)46(31-48)33-78-39-69-62(72-47-11-9-44(40(2)26-47)27-42-19-22-80-55(29-42)66-37-70-80)59-52(78)16-17-53(60(59)64)76-24-25-79(41(3)32-76)58(84)8-7-21-75(4)5/h6-12,15-20,22-23,26,29-31,36-39,41,49-50H,1,13-14,21,24-25,27-28,32-35H2,2-5H3,(H,65,68,73)/p+1/b8-7+/t41-,49?,50?/m1/s1. The third-order valence-corrected chi connectivity index (χ3v) is 16.5. The molecule has 13 rings (SSSR count). The normalized spacial score (nSPS) is 17.2. The van der Waals surface area contributed by atoms with Gasteiger partial charge in [-0.25, -0.2) is 42.9 Å². The van der Waals surface area contributed by atoms with Gasteiger partial charge in [0, 0.05) is 87.2 Å². The highest BCUT2D eigenvalue weighted by Crippen LogP contribution is 2.37. The molecule has 0 saturated carbocycles. The number of amides is 2. The first-order valence-corrected chi connectivity index (χ1v) is 28.4. The van der Waals surface area contributed by atoms with Gasteiger partial charge in [-0.15, -0.1) is 0 Å². The van der Waals surface area contributed by atoms with Crippen LogP contribution in [0.1, 0.15) is 53.1 Å². The van der Waals surface area contributed by atoms with Crippen molar-refractivity contribution < 1.29 is 18.5 Å². The van der Waals surface area contributed by atoms with Gasteiger partial charge in [0.15, 0.2) is 22.9 Å². The predicted octanol–water partition coefficient (Wildman–Crippen LogP) is 7.63. The number of aromatic nitrogens is 11. The molecular weight excluding hydrogens is 1060 g/mol. The van der Waals surface area contributed by atoms with Crippen LogP contribution in [0, 0.1) is 12.7 Å². The fourth-order valence-corrected chi connectivity index (χ4v) is 12.3. The molecule has 2 bridgehead atoms. The van der Waals surface area contributed by atoms with Gasteiger partial charge in [0.2, 0.25) is 11.8 Å². The Morgan fingerprint density at radius 2 is 1.45 bits per heavy atom. The number of benzene rings is 3. The zero-order chi connectivity index (χ0) is 57.6. The Morgan fingerprint density at radius 3 is 2.15 bits per heavy atom. The summed E-state index contributed by atoms with van der Waals surface area (Å²) in [5.41, 5.74) is 11.8. The third-order valence-electron chi connectivity index (χ3n) is 16.5. The maximum absolute atomic E-state index is 18.1. The van der Waals surface area contributed by atoms with Crippen LogP contribution in [-0.4, -0.2) is 147 Å². The molecule has 10 aromatic rings. The molecule has 10 heterocycles. The van der Waals surface area contributed by atoms with Crippen LogP contribution in [-0.2, 0) is 29.0 Å². The van der Waals surface area contributed by atoms with Crippen molar-refractivity contribution in [3.63, 3.8) is 0 Å². The summed E-state index contributed by atoms with van der Waals surface area (Å²) in [6.07, 6.45) is 18.3. The molecule has 0 aliphatic carbocycles. The number of piperazine rings is 2. The number of nitrogens with zero attached hydrogens (tertiary/aromatic N) is 16. The van der Waals surface area contributed by atoms with Crippen LogP contribution in [0.15, 0.2) is 147 Å². The number of likely N-dealkylation sites (tertiary alicyclic amines) is 1. The number of hydrogen-bond acceptors (Lipinski definition) is 15. The number of hydrogen-bond donors (Lipinski definition) is 2. The molecule has 20 nitrogen and oxygen atoms in total. The van der Waals surface area contributed by atoms with Gasteiger partial charge in [-0.1, -0.05) is 24.8 Å². The van der Waals surface area contributed by atoms with E-state index in [0.717, 1.165) is 74.7 Å². The van der Waals surface area contributed by atoms with Crippen molar-refractivity contribution in [1.82, 2.24) is 63.8 Å². The minimum atomic E-state index is -0.410. The molecule has 2 N–H and O–H groups in total. The highest BCUT2D eigenvalue weighted by Gasteiger charge is 2.42. The van der Waals surface area contributed by atoms with Gasteiger partial charge < -0.3 is 35.1 Å². The number of rotatable bonds is 16. The average molecular weight is 1120 g/mol. The summed E-state index contributed by atoms with van der Waals surface area (Å²) in [6, 6.07) is 28.6. The van der Waals surface area contributed by atoms with E-state index in [2.05, 4.69) is 84.5 Å². The van der Waals surface area contributed by atoms with Crippen LogP contribution in [0.3, 0.4) is 0 Å². The van der Waals surface area contributed by atoms with E-state index in [1.165, 1.54) is 6.08 Å². The van der Waals surface area contributed by atoms with E-state index in [1.54, 1.807) is 40.4 Å². The summed E-state index contributed by atoms with van der Waals surface area (Å²) in [5, 5.41) is 16.0. The smallest absolute Gasteiger partial charge is 0.289 e. The quantitative estimate of drug-likeness (QED) is 0.0709. The zero-order valence-corrected chi connectivity index (χ0v) is 47.3. The molecule has 21 heteroatoms. The molecule has 84 heavy (non-hydrogen) atoms. The van der Waals surface area contributed by atoms with Crippen LogP contribution >= 0.6 is 0 Å². The lowest BCUT2D eigenvalue weighted by molar-refractivity contribution is -0.665. The van der Waals surface area contributed by atoms with E-state index >= 15 is 4.39 Å². The van der Waals surface area contributed by atoms with Gasteiger partial charge in [-0.2, -0.15) is 10.2 Å². The fraction of sp³-hybridized carbons (Fsp3) is 0.286. The number of likely N-dealkylation sites (N-methyl/N-ethyl adjacent to an activating group) is 1. The number of nitrogens with one attached hydrogen (secondary N) is 2. The minimum Gasteiger partial charge on any atom is -0.365 e. The zero-order valence-electron chi connectivity index (χ0n) is 47.3. The largest absolute Gasteiger partial charge is 0.365 e. The molecule has 0 spiro atoms. The first kappa shape index (κ1) is 53.5. The monoisotopic (exact) mass is 1120 g/mol.